The SMILES string of the molecule is CN(C)C(=O)c1ccc(N2CCC(CC3CCN(C(=O)C(O)c4cccc(Cl)c4)CC3)CC2)cc1. The fourth-order valence-electron chi connectivity index (χ4n) is 5.35. The van der Waals surface area contributed by atoms with Crippen LogP contribution in [0.4, 0.5) is 5.69 Å². The average molecular weight is 498 g/mol. The van der Waals surface area contributed by atoms with Gasteiger partial charge >= 0.3 is 0 Å². The molecule has 0 spiro atoms. The van der Waals surface area contributed by atoms with Crippen LogP contribution in [0, 0.1) is 11.8 Å². The second-order valence-corrected chi connectivity index (χ2v) is 10.6. The van der Waals surface area contributed by atoms with E-state index in [0.29, 0.717) is 35.5 Å². The number of halogens is 1. The second-order valence-electron chi connectivity index (χ2n) is 10.1. The number of amides is 2. The zero-order chi connectivity index (χ0) is 24.9. The molecule has 1 atom stereocenters. The fraction of sp³-hybridized carbons (Fsp3) is 0.500. The van der Waals surface area contributed by atoms with Crippen LogP contribution in [-0.4, -0.2) is 67.0 Å². The van der Waals surface area contributed by atoms with Gasteiger partial charge in [0.05, 0.1) is 0 Å². The molecule has 6 nitrogen and oxygen atoms in total. The quantitative estimate of drug-likeness (QED) is 0.632. The molecule has 2 fully saturated rings. The third-order valence-electron chi connectivity index (χ3n) is 7.49. The van der Waals surface area contributed by atoms with Crippen LogP contribution >= 0.6 is 11.6 Å². The van der Waals surface area contributed by atoms with E-state index in [1.807, 2.05) is 12.1 Å². The van der Waals surface area contributed by atoms with Crippen molar-refractivity contribution in [3.05, 3.63) is 64.7 Å². The lowest BCUT2D eigenvalue weighted by Gasteiger charge is -2.38. The lowest BCUT2D eigenvalue weighted by Crippen LogP contribution is -2.42. The highest BCUT2D eigenvalue weighted by atomic mass is 35.5. The lowest BCUT2D eigenvalue weighted by atomic mass is 9.82. The molecule has 2 saturated heterocycles. The van der Waals surface area contributed by atoms with Gasteiger partial charge in [0.25, 0.3) is 11.8 Å². The van der Waals surface area contributed by atoms with E-state index in [1.165, 1.54) is 24.9 Å². The molecular formula is C28H36ClN3O3. The predicted octanol–water partition coefficient (Wildman–Crippen LogP) is 4.62. The first kappa shape index (κ1) is 25.5. The van der Waals surface area contributed by atoms with E-state index < -0.39 is 6.10 Å². The first-order valence-electron chi connectivity index (χ1n) is 12.6. The average Bonchev–Trinajstić information content (AvgIpc) is 2.88. The van der Waals surface area contributed by atoms with Crippen molar-refractivity contribution in [3.63, 3.8) is 0 Å². The molecule has 4 rings (SSSR count). The number of rotatable bonds is 6. The van der Waals surface area contributed by atoms with E-state index in [2.05, 4.69) is 17.0 Å². The van der Waals surface area contributed by atoms with Crippen molar-refractivity contribution in [1.82, 2.24) is 9.80 Å². The van der Waals surface area contributed by atoms with Gasteiger partial charge in [-0.2, -0.15) is 0 Å². The van der Waals surface area contributed by atoms with E-state index in [0.717, 1.165) is 31.5 Å². The lowest BCUT2D eigenvalue weighted by molar-refractivity contribution is -0.142. The molecule has 188 valence electrons. The number of nitrogens with zero attached hydrogens (tertiary/aromatic N) is 3. The van der Waals surface area contributed by atoms with Crippen LogP contribution in [0.1, 0.15) is 54.1 Å². The maximum absolute atomic E-state index is 12.8. The molecule has 2 heterocycles. The van der Waals surface area contributed by atoms with Gasteiger partial charge in [-0.1, -0.05) is 23.7 Å². The Kier molecular flexibility index (Phi) is 8.34. The van der Waals surface area contributed by atoms with Crippen molar-refractivity contribution in [2.75, 3.05) is 45.2 Å². The Morgan fingerprint density at radius 2 is 1.57 bits per heavy atom. The van der Waals surface area contributed by atoms with Crippen LogP contribution < -0.4 is 4.90 Å². The van der Waals surface area contributed by atoms with Crippen molar-refractivity contribution in [2.24, 2.45) is 11.8 Å². The van der Waals surface area contributed by atoms with Crippen LogP contribution in [0.3, 0.4) is 0 Å². The molecule has 0 radical (unpaired) electrons. The van der Waals surface area contributed by atoms with Crippen LogP contribution in [0.5, 0.6) is 0 Å². The Morgan fingerprint density at radius 1 is 0.971 bits per heavy atom. The van der Waals surface area contributed by atoms with Crippen molar-refractivity contribution < 1.29 is 14.7 Å². The second kappa shape index (κ2) is 11.4. The van der Waals surface area contributed by atoms with E-state index >= 15 is 0 Å². The molecule has 0 saturated carbocycles. The van der Waals surface area contributed by atoms with Gasteiger partial charge in [-0.05, 0) is 85.9 Å². The molecule has 0 bridgehead atoms. The standard InChI is InChI=1S/C28H36ClN3O3/c1-30(2)27(34)22-6-8-25(9-7-22)31-14-10-20(11-15-31)18-21-12-16-32(17-13-21)28(35)26(33)23-4-3-5-24(29)19-23/h3-9,19-21,26,33H,10-18H2,1-2H3. The first-order valence-corrected chi connectivity index (χ1v) is 13.0. The summed E-state index contributed by atoms with van der Waals surface area (Å²) in [6, 6.07) is 14.8. The molecule has 7 heteroatoms. The van der Waals surface area contributed by atoms with Gasteiger partial charge in [0.2, 0.25) is 0 Å². The van der Waals surface area contributed by atoms with Crippen molar-refractivity contribution >= 4 is 29.1 Å². The highest BCUT2D eigenvalue weighted by Gasteiger charge is 2.30. The van der Waals surface area contributed by atoms with Crippen LogP contribution in [0.15, 0.2) is 48.5 Å². The Morgan fingerprint density at radius 3 is 2.14 bits per heavy atom. The summed E-state index contributed by atoms with van der Waals surface area (Å²) in [6.07, 6.45) is 4.40. The van der Waals surface area contributed by atoms with Crippen molar-refractivity contribution in [1.29, 1.82) is 0 Å². The summed E-state index contributed by atoms with van der Waals surface area (Å²) in [4.78, 5) is 30.7. The Bertz CT molecular complexity index is 1010. The number of carbonyl (C=O) groups is 2. The van der Waals surface area contributed by atoms with E-state index in [4.69, 9.17) is 11.6 Å². The van der Waals surface area contributed by atoms with Gasteiger partial charge < -0.3 is 19.8 Å². The zero-order valence-electron chi connectivity index (χ0n) is 20.7. The Balaban J connectivity index is 1.21. The summed E-state index contributed by atoms with van der Waals surface area (Å²) in [5.41, 5.74) is 2.46. The fourth-order valence-corrected chi connectivity index (χ4v) is 5.55. The number of hydrogen-bond acceptors (Lipinski definition) is 4. The Hall–Kier alpha value is -2.57. The minimum Gasteiger partial charge on any atom is -0.378 e. The third kappa shape index (κ3) is 6.36. The topological polar surface area (TPSA) is 64.1 Å². The minimum absolute atomic E-state index is 0.0296. The normalized spacial score (nSPS) is 18.4. The summed E-state index contributed by atoms with van der Waals surface area (Å²) in [7, 11) is 3.54. The van der Waals surface area contributed by atoms with Gasteiger partial charge in [0, 0.05) is 56.5 Å². The number of likely N-dealkylation sites (tertiary alicyclic amines) is 1. The molecule has 1 unspecified atom stereocenters. The number of piperidine rings is 2. The predicted molar refractivity (Wildman–Crippen MR) is 140 cm³/mol. The number of aliphatic hydroxyl groups excluding tert-OH is 1. The molecule has 2 aliphatic rings. The molecule has 0 aliphatic carbocycles. The minimum atomic E-state index is -1.15. The van der Waals surface area contributed by atoms with Gasteiger partial charge in [-0.15, -0.1) is 0 Å². The highest BCUT2D eigenvalue weighted by Crippen LogP contribution is 2.32. The van der Waals surface area contributed by atoms with Crippen LogP contribution in [-0.2, 0) is 4.79 Å². The maximum Gasteiger partial charge on any atom is 0.256 e. The van der Waals surface area contributed by atoms with Crippen LogP contribution in [0.25, 0.3) is 0 Å². The summed E-state index contributed by atoms with van der Waals surface area (Å²) < 4.78 is 0. The number of anilines is 1. The number of carbonyl (C=O) groups excluding carboxylic acids is 2. The number of hydrogen-bond donors (Lipinski definition) is 1. The van der Waals surface area contributed by atoms with Gasteiger partial charge in [0.15, 0.2) is 6.10 Å². The molecule has 2 aromatic rings. The molecule has 2 aromatic carbocycles. The molecule has 1 N–H and O–H groups in total. The van der Waals surface area contributed by atoms with Gasteiger partial charge in [0.1, 0.15) is 0 Å². The monoisotopic (exact) mass is 497 g/mol. The summed E-state index contributed by atoms with van der Waals surface area (Å²) in [6.45, 7) is 3.49. The van der Waals surface area contributed by atoms with Crippen LogP contribution in [0.2, 0.25) is 5.02 Å². The third-order valence-corrected chi connectivity index (χ3v) is 7.73. The van der Waals surface area contributed by atoms with E-state index in [1.54, 1.807) is 48.2 Å². The molecule has 35 heavy (non-hydrogen) atoms. The first-order chi connectivity index (χ1) is 16.8. The number of benzene rings is 2. The van der Waals surface area contributed by atoms with Gasteiger partial charge in [-0.25, -0.2) is 0 Å². The zero-order valence-corrected chi connectivity index (χ0v) is 21.5. The Labute approximate surface area is 213 Å². The van der Waals surface area contributed by atoms with Crippen molar-refractivity contribution in [3.8, 4) is 0 Å². The summed E-state index contributed by atoms with van der Waals surface area (Å²) in [5, 5.41) is 11.0. The summed E-state index contributed by atoms with van der Waals surface area (Å²) in [5.74, 6) is 1.15. The van der Waals surface area contributed by atoms with Gasteiger partial charge in [-0.3, -0.25) is 9.59 Å². The molecule has 0 aromatic heterocycles. The molecule has 2 amide bonds. The van der Waals surface area contributed by atoms with E-state index in [9.17, 15) is 14.7 Å². The van der Waals surface area contributed by atoms with E-state index in [-0.39, 0.29) is 11.8 Å². The molecule has 2 aliphatic heterocycles. The summed E-state index contributed by atoms with van der Waals surface area (Å²) >= 11 is 6.01. The number of aliphatic hydroxyl groups is 1. The highest BCUT2D eigenvalue weighted by molar-refractivity contribution is 6.30. The maximum atomic E-state index is 12.8. The largest absolute Gasteiger partial charge is 0.378 e. The smallest absolute Gasteiger partial charge is 0.256 e. The van der Waals surface area contributed by atoms with Crippen molar-refractivity contribution in [2.45, 2.75) is 38.2 Å². The molecular weight excluding hydrogens is 462 g/mol.